The van der Waals surface area contributed by atoms with Crippen molar-refractivity contribution in [2.24, 2.45) is 0 Å². The van der Waals surface area contributed by atoms with Gasteiger partial charge in [0.05, 0.1) is 0 Å². The molecule has 2 aliphatic heterocycles. The van der Waals surface area contributed by atoms with Crippen LogP contribution in [0.2, 0.25) is 0 Å². The van der Waals surface area contributed by atoms with Crippen molar-refractivity contribution in [2.45, 2.75) is 37.3 Å². The Bertz CT molecular complexity index is 673. The van der Waals surface area contributed by atoms with Crippen molar-refractivity contribution < 1.29 is 4.39 Å². The number of halogens is 1. The molecule has 4 rings (SSSR count). The molecule has 0 amide bonds. The fourth-order valence-corrected chi connectivity index (χ4v) is 4.02. The predicted octanol–water partition coefficient (Wildman–Crippen LogP) is 3.23. The van der Waals surface area contributed by atoms with Gasteiger partial charge in [0.15, 0.2) is 0 Å². The second kappa shape index (κ2) is 4.88. The fourth-order valence-electron chi connectivity index (χ4n) is 4.02. The van der Waals surface area contributed by atoms with Gasteiger partial charge in [0, 0.05) is 48.2 Å². The van der Waals surface area contributed by atoms with E-state index < -0.39 is 5.95 Å². The van der Waals surface area contributed by atoms with Gasteiger partial charge in [-0.2, -0.15) is 4.39 Å². The molecule has 2 aliphatic rings. The van der Waals surface area contributed by atoms with Gasteiger partial charge in [-0.15, -0.1) is 0 Å². The molecule has 108 valence electrons. The summed E-state index contributed by atoms with van der Waals surface area (Å²) in [4.78, 5) is 10.5. The van der Waals surface area contributed by atoms with Gasteiger partial charge in [-0.3, -0.25) is 9.88 Å². The molecule has 0 aliphatic carbocycles. The Balaban J connectivity index is 1.68. The number of likely N-dealkylation sites (N-methyl/N-ethyl adjacent to an activating group) is 1. The third-order valence-corrected chi connectivity index (χ3v) is 5.13. The number of aromatic nitrogens is 2. The molecule has 0 spiro atoms. The van der Waals surface area contributed by atoms with Gasteiger partial charge in [-0.05, 0) is 49.6 Å². The van der Waals surface area contributed by atoms with Crippen LogP contribution in [-0.4, -0.2) is 34.0 Å². The summed E-state index contributed by atoms with van der Waals surface area (Å²) in [6, 6.07) is 6.83. The van der Waals surface area contributed by atoms with Crippen molar-refractivity contribution in [1.82, 2.24) is 14.9 Å². The maximum absolute atomic E-state index is 13.3. The van der Waals surface area contributed by atoms with E-state index in [-0.39, 0.29) is 0 Å². The molecule has 2 fully saturated rings. The zero-order chi connectivity index (χ0) is 14.4. The smallest absolute Gasteiger partial charge is 0.213 e. The second-order valence-corrected chi connectivity index (χ2v) is 6.18. The third-order valence-electron chi connectivity index (χ3n) is 5.13. The Kier molecular flexibility index (Phi) is 3.00. The predicted molar refractivity (Wildman–Crippen MR) is 79.4 cm³/mol. The van der Waals surface area contributed by atoms with Crippen LogP contribution in [-0.2, 0) is 0 Å². The van der Waals surface area contributed by atoms with Gasteiger partial charge in [-0.25, -0.2) is 4.98 Å². The quantitative estimate of drug-likeness (QED) is 0.792. The summed E-state index contributed by atoms with van der Waals surface area (Å²) in [6.07, 6.45) is 9.09. The molecule has 21 heavy (non-hydrogen) atoms. The summed E-state index contributed by atoms with van der Waals surface area (Å²) in [5.41, 5.74) is 3.09. The highest BCUT2D eigenvalue weighted by Gasteiger charge is 2.44. The summed E-state index contributed by atoms with van der Waals surface area (Å²) in [5.74, 6) is 0.116. The Morgan fingerprint density at radius 2 is 2.10 bits per heavy atom. The summed E-state index contributed by atoms with van der Waals surface area (Å²) >= 11 is 0. The molecule has 2 bridgehead atoms. The highest BCUT2D eigenvalue weighted by Crippen LogP contribution is 2.45. The number of hydrogen-bond donors (Lipinski definition) is 0. The maximum Gasteiger partial charge on any atom is 0.213 e. The zero-order valence-corrected chi connectivity index (χ0v) is 12.0. The molecule has 0 aromatic carbocycles. The van der Waals surface area contributed by atoms with Gasteiger partial charge < -0.3 is 0 Å². The molecular formula is C17H18FN3. The lowest BCUT2D eigenvalue weighted by molar-refractivity contribution is 0.307. The number of rotatable bonds is 2. The largest absolute Gasteiger partial charge is 0.300 e. The molecule has 0 N–H and O–H groups in total. The Labute approximate surface area is 123 Å². The fraction of sp³-hybridized carbons (Fsp3) is 0.412. The van der Waals surface area contributed by atoms with Gasteiger partial charge in [0.25, 0.3) is 0 Å². The van der Waals surface area contributed by atoms with Gasteiger partial charge in [0.2, 0.25) is 5.95 Å². The summed E-state index contributed by atoms with van der Waals surface area (Å²) < 4.78 is 13.3. The third kappa shape index (κ3) is 2.14. The Morgan fingerprint density at radius 1 is 1.19 bits per heavy atom. The molecule has 4 heteroatoms. The van der Waals surface area contributed by atoms with Crippen molar-refractivity contribution in [3.05, 3.63) is 48.3 Å². The van der Waals surface area contributed by atoms with Crippen LogP contribution < -0.4 is 0 Å². The van der Waals surface area contributed by atoms with E-state index in [9.17, 15) is 4.39 Å². The molecule has 0 saturated carbocycles. The van der Waals surface area contributed by atoms with Gasteiger partial charge >= 0.3 is 0 Å². The first-order chi connectivity index (χ1) is 10.2. The summed E-state index contributed by atoms with van der Waals surface area (Å²) in [6.45, 7) is 0. The highest BCUT2D eigenvalue weighted by atomic mass is 18.2. The lowest BCUT2D eigenvalue weighted by Crippen LogP contribution is -2.25. The summed E-state index contributed by atoms with van der Waals surface area (Å²) in [7, 11) is 2.23. The van der Waals surface area contributed by atoms with Gasteiger partial charge in [0.1, 0.15) is 0 Å². The molecule has 0 unspecified atom stereocenters. The van der Waals surface area contributed by atoms with Crippen LogP contribution in [0.15, 0.2) is 36.8 Å². The van der Waals surface area contributed by atoms with Crippen LogP contribution in [0.25, 0.3) is 11.1 Å². The molecule has 3 nitrogen and oxygen atoms in total. The first-order valence-electron chi connectivity index (χ1n) is 7.51. The Morgan fingerprint density at radius 3 is 2.81 bits per heavy atom. The average molecular weight is 282 g/mol. The molecule has 2 saturated heterocycles. The number of nitrogens with zero attached hydrogens (tertiary/aromatic N) is 3. The van der Waals surface area contributed by atoms with Gasteiger partial charge in [-0.1, -0.05) is 0 Å². The van der Waals surface area contributed by atoms with E-state index in [1.807, 2.05) is 12.3 Å². The SMILES string of the molecule is CN1[C@@H]2CC[C@@H]1[C@@H](c1cncc(-c3ccnc([18F])c3)c1)C2. The van der Waals surface area contributed by atoms with Crippen LogP contribution in [0.5, 0.6) is 0 Å². The van der Waals surface area contributed by atoms with E-state index in [4.69, 9.17) is 0 Å². The molecule has 2 aromatic heterocycles. The number of pyridine rings is 2. The molecular weight excluding hydrogens is 264 g/mol. The lowest BCUT2D eigenvalue weighted by atomic mass is 9.84. The van der Waals surface area contributed by atoms with Crippen LogP contribution in [0.3, 0.4) is 0 Å². The van der Waals surface area contributed by atoms with Crippen molar-refractivity contribution in [3.8, 4) is 11.1 Å². The van der Waals surface area contributed by atoms with Crippen molar-refractivity contribution in [2.75, 3.05) is 7.05 Å². The lowest BCUT2D eigenvalue weighted by Gasteiger charge is -2.22. The number of hydrogen-bond acceptors (Lipinski definition) is 3. The van der Waals surface area contributed by atoms with E-state index in [0.717, 1.165) is 17.2 Å². The molecule has 2 aromatic rings. The first kappa shape index (κ1) is 12.9. The van der Waals surface area contributed by atoms with E-state index in [2.05, 4.69) is 28.0 Å². The van der Waals surface area contributed by atoms with Crippen LogP contribution in [0.1, 0.15) is 30.7 Å². The van der Waals surface area contributed by atoms with Crippen molar-refractivity contribution in [3.63, 3.8) is 0 Å². The van der Waals surface area contributed by atoms with E-state index in [1.165, 1.54) is 37.1 Å². The number of fused-ring (bicyclic) bond motifs is 2. The van der Waals surface area contributed by atoms with E-state index >= 15 is 0 Å². The second-order valence-electron chi connectivity index (χ2n) is 6.18. The van der Waals surface area contributed by atoms with E-state index in [1.54, 1.807) is 6.20 Å². The average Bonchev–Trinajstić information content (AvgIpc) is 3.03. The van der Waals surface area contributed by atoms with Crippen LogP contribution >= 0.6 is 0 Å². The minimum Gasteiger partial charge on any atom is -0.300 e. The van der Waals surface area contributed by atoms with Crippen molar-refractivity contribution in [1.29, 1.82) is 0 Å². The zero-order valence-electron chi connectivity index (χ0n) is 12.0. The van der Waals surface area contributed by atoms with Crippen LogP contribution in [0.4, 0.5) is 4.39 Å². The summed E-state index contributed by atoms with van der Waals surface area (Å²) in [5, 5.41) is 0. The molecule has 3 atom stereocenters. The van der Waals surface area contributed by atoms with Crippen molar-refractivity contribution >= 4 is 0 Å². The minimum atomic E-state index is -0.447. The van der Waals surface area contributed by atoms with Crippen LogP contribution in [0, 0.1) is 5.95 Å². The monoisotopic (exact) mass is 282 g/mol. The topological polar surface area (TPSA) is 29.0 Å². The minimum absolute atomic E-state index is 0.447. The Hall–Kier alpha value is -1.81. The normalized spacial score (nSPS) is 28.2. The first-order valence-corrected chi connectivity index (χ1v) is 7.51. The maximum atomic E-state index is 13.3. The standard InChI is InChI=1S/C17H18FN3/c1-21-14-2-3-16(21)15(8-14)13-6-12(9-19-10-13)11-4-5-20-17(18)7-11/h4-7,9-10,14-16H,2-3,8H2,1H3/t14-,15-,16-/m1/s1/i18-1. The highest BCUT2D eigenvalue weighted by molar-refractivity contribution is 5.62. The van der Waals surface area contributed by atoms with E-state index in [0.29, 0.717) is 12.0 Å². The molecule has 0 radical (unpaired) electrons. The molecule has 4 heterocycles.